The summed E-state index contributed by atoms with van der Waals surface area (Å²) in [5, 5.41) is 8.62. The van der Waals surface area contributed by atoms with Gasteiger partial charge in [-0.25, -0.2) is 0 Å². The molecule has 4 heteroatoms. The van der Waals surface area contributed by atoms with Gasteiger partial charge in [-0.05, 0) is 18.4 Å². The van der Waals surface area contributed by atoms with Crippen LogP contribution in [0.5, 0.6) is 0 Å². The summed E-state index contributed by atoms with van der Waals surface area (Å²) >= 11 is 0. The van der Waals surface area contributed by atoms with Gasteiger partial charge in [0.2, 0.25) is 0 Å². The number of hydrogen-bond acceptors (Lipinski definition) is 3. The van der Waals surface area contributed by atoms with Crippen molar-refractivity contribution in [3.8, 4) is 0 Å². The monoisotopic (exact) mass is 320 g/mol. The number of carbonyl (C=O) groups is 2. The molecule has 23 heavy (non-hydrogen) atoms. The maximum absolute atomic E-state index is 11.7. The fraction of sp³-hybridized carbons (Fsp3) is 0.579. The lowest BCUT2D eigenvalue weighted by atomic mass is 10.0. The Bertz CT molecular complexity index is 456. The van der Waals surface area contributed by atoms with Crippen molar-refractivity contribution in [2.45, 2.75) is 71.0 Å². The predicted molar refractivity (Wildman–Crippen MR) is 90.3 cm³/mol. The molecule has 0 unspecified atom stereocenters. The van der Waals surface area contributed by atoms with E-state index in [1.165, 1.54) is 0 Å². The Labute approximate surface area is 138 Å². The molecule has 0 aromatic heterocycles. The summed E-state index contributed by atoms with van der Waals surface area (Å²) in [7, 11) is 0. The number of aliphatic carboxylic acids is 1. The maximum Gasteiger partial charge on any atom is 0.303 e. The smallest absolute Gasteiger partial charge is 0.303 e. The topological polar surface area (TPSA) is 63.6 Å². The van der Waals surface area contributed by atoms with Gasteiger partial charge >= 0.3 is 5.97 Å². The van der Waals surface area contributed by atoms with Crippen LogP contribution >= 0.6 is 0 Å². The minimum atomic E-state index is -0.918. The summed E-state index contributed by atoms with van der Waals surface area (Å²) in [4.78, 5) is 22.2. The molecule has 0 saturated carbocycles. The van der Waals surface area contributed by atoms with E-state index in [2.05, 4.69) is 6.92 Å². The van der Waals surface area contributed by atoms with Crippen LogP contribution in [-0.4, -0.2) is 23.0 Å². The van der Waals surface area contributed by atoms with Crippen molar-refractivity contribution < 1.29 is 19.4 Å². The second-order valence-electron chi connectivity index (χ2n) is 5.89. The van der Waals surface area contributed by atoms with Gasteiger partial charge in [-0.1, -0.05) is 56.5 Å². The first-order chi connectivity index (χ1) is 11.1. The van der Waals surface area contributed by atoms with Crippen LogP contribution in [-0.2, 0) is 20.9 Å². The number of ether oxygens (including phenoxy) is 1. The molecule has 0 saturated heterocycles. The second-order valence-corrected chi connectivity index (χ2v) is 5.89. The third kappa shape index (κ3) is 9.84. The number of unbranched alkanes of at least 4 members (excludes halogenated alkanes) is 2. The van der Waals surface area contributed by atoms with Crippen molar-refractivity contribution in [2.24, 2.45) is 0 Å². The Morgan fingerprint density at radius 1 is 1.04 bits per heavy atom. The van der Waals surface area contributed by atoms with Crippen LogP contribution in [0.15, 0.2) is 30.3 Å². The molecule has 0 amide bonds. The summed E-state index contributed by atoms with van der Waals surface area (Å²) in [6.07, 6.45) is 5.55. The molecule has 0 heterocycles. The van der Waals surface area contributed by atoms with Crippen LogP contribution in [0, 0.1) is 0 Å². The van der Waals surface area contributed by atoms with E-state index in [1.54, 1.807) is 0 Å². The van der Waals surface area contributed by atoms with Crippen LogP contribution in [0.3, 0.4) is 0 Å². The largest absolute Gasteiger partial charge is 0.481 e. The number of benzene rings is 1. The molecule has 0 aliphatic heterocycles. The molecule has 0 fully saturated rings. The SMILES string of the molecule is CCCCC[C@@H](CCC(=O)CCC(=O)O)OCc1ccccc1. The molecule has 1 aromatic carbocycles. The summed E-state index contributed by atoms with van der Waals surface area (Å²) in [6, 6.07) is 10.0. The van der Waals surface area contributed by atoms with Gasteiger partial charge in [-0.2, -0.15) is 0 Å². The first-order valence-corrected chi connectivity index (χ1v) is 8.50. The third-order valence-corrected chi connectivity index (χ3v) is 3.82. The molecule has 1 rings (SSSR count). The molecular weight excluding hydrogens is 292 g/mol. The minimum Gasteiger partial charge on any atom is -0.481 e. The standard InChI is InChI=1S/C19H28O4/c1-2-3-5-10-18(13-11-17(20)12-14-19(21)22)23-15-16-8-6-4-7-9-16/h4,6-9,18H,2-3,5,10-15H2,1H3,(H,21,22)/t18-/m0/s1. The van der Waals surface area contributed by atoms with Gasteiger partial charge in [0.15, 0.2) is 0 Å². The van der Waals surface area contributed by atoms with Crippen LogP contribution in [0.25, 0.3) is 0 Å². The van der Waals surface area contributed by atoms with Crippen LogP contribution in [0.4, 0.5) is 0 Å². The van der Waals surface area contributed by atoms with Gasteiger partial charge in [-0.15, -0.1) is 0 Å². The lowest BCUT2D eigenvalue weighted by molar-refractivity contribution is -0.138. The molecule has 128 valence electrons. The molecule has 0 bridgehead atoms. The lowest BCUT2D eigenvalue weighted by Gasteiger charge is -2.18. The van der Waals surface area contributed by atoms with Crippen molar-refractivity contribution >= 4 is 11.8 Å². The van der Waals surface area contributed by atoms with E-state index in [4.69, 9.17) is 9.84 Å². The summed E-state index contributed by atoms with van der Waals surface area (Å²) in [6.45, 7) is 2.72. The van der Waals surface area contributed by atoms with E-state index in [0.29, 0.717) is 19.4 Å². The quantitative estimate of drug-likeness (QED) is 0.548. The number of Topliss-reactive ketones (excluding diaryl/α,β-unsaturated/α-hetero) is 1. The number of carboxylic acid groups (broad SMARTS) is 1. The first-order valence-electron chi connectivity index (χ1n) is 8.50. The van der Waals surface area contributed by atoms with Crippen LogP contribution in [0.1, 0.15) is 63.9 Å². The van der Waals surface area contributed by atoms with Gasteiger partial charge in [0.25, 0.3) is 0 Å². The van der Waals surface area contributed by atoms with E-state index in [1.807, 2.05) is 30.3 Å². The maximum atomic E-state index is 11.7. The predicted octanol–water partition coefficient (Wildman–Crippen LogP) is 4.37. The van der Waals surface area contributed by atoms with E-state index >= 15 is 0 Å². The van der Waals surface area contributed by atoms with Gasteiger partial charge in [0, 0.05) is 12.8 Å². The summed E-state index contributed by atoms with van der Waals surface area (Å²) < 4.78 is 5.98. The van der Waals surface area contributed by atoms with E-state index in [9.17, 15) is 9.59 Å². The molecular formula is C19H28O4. The summed E-state index contributed by atoms with van der Waals surface area (Å²) in [5.74, 6) is -0.908. The molecule has 1 aromatic rings. The zero-order valence-electron chi connectivity index (χ0n) is 14.0. The zero-order chi connectivity index (χ0) is 16.9. The van der Waals surface area contributed by atoms with E-state index in [-0.39, 0.29) is 24.7 Å². The van der Waals surface area contributed by atoms with Gasteiger partial charge in [-0.3, -0.25) is 9.59 Å². The summed E-state index contributed by atoms with van der Waals surface area (Å²) in [5.41, 5.74) is 1.13. The van der Waals surface area contributed by atoms with Gasteiger partial charge in [0.05, 0.1) is 19.1 Å². The number of rotatable bonds is 13. The third-order valence-electron chi connectivity index (χ3n) is 3.82. The minimum absolute atomic E-state index is 0.0104. The molecule has 0 radical (unpaired) electrons. The molecule has 4 nitrogen and oxygen atoms in total. The highest BCUT2D eigenvalue weighted by atomic mass is 16.5. The fourth-order valence-corrected chi connectivity index (χ4v) is 2.41. The fourth-order valence-electron chi connectivity index (χ4n) is 2.41. The number of ketones is 1. The number of hydrogen-bond donors (Lipinski definition) is 1. The molecule has 0 spiro atoms. The number of carbonyl (C=O) groups excluding carboxylic acids is 1. The number of carboxylic acids is 1. The van der Waals surface area contributed by atoms with Crippen LogP contribution in [0.2, 0.25) is 0 Å². The van der Waals surface area contributed by atoms with Crippen molar-refractivity contribution in [2.75, 3.05) is 0 Å². The van der Waals surface area contributed by atoms with Crippen molar-refractivity contribution in [1.29, 1.82) is 0 Å². The van der Waals surface area contributed by atoms with Crippen LogP contribution < -0.4 is 0 Å². The molecule has 1 N–H and O–H groups in total. The van der Waals surface area contributed by atoms with Gasteiger partial charge in [0.1, 0.15) is 5.78 Å². The average molecular weight is 320 g/mol. The Hall–Kier alpha value is -1.68. The lowest BCUT2D eigenvalue weighted by Crippen LogP contribution is -2.15. The zero-order valence-corrected chi connectivity index (χ0v) is 14.0. The Morgan fingerprint density at radius 3 is 2.43 bits per heavy atom. The highest BCUT2D eigenvalue weighted by Crippen LogP contribution is 2.15. The molecule has 0 aliphatic carbocycles. The van der Waals surface area contributed by atoms with Gasteiger partial charge < -0.3 is 9.84 Å². The Morgan fingerprint density at radius 2 is 1.78 bits per heavy atom. The van der Waals surface area contributed by atoms with Crippen molar-refractivity contribution in [1.82, 2.24) is 0 Å². The van der Waals surface area contributed by atoms with E-state index < -0.39 is 5.97 Å². The van der Waals surface area contributed by atoms with Crippen molar-refractivity contribution in [3.63, 3.8) is 0 Å². The molecule has 1 atom stereocenters. The highest BCUT2D eigenvalue weighted by molar-refractivity contribution is 5.82. The Balaban J connectivity index is 2.38. The average Bonchev–Trinajstić information content (AvgIpc) is 2.56. The van der Waals surface area contributed by atoms with Crippen molar-refractivity contribution in [3.05, 3.63) is 35.9 Å². The highest BCUT2D eigenvalue weighted by Gasteiger charge is 2.13. The normalized spacial score (nSPS) is 12.0. The molecule has 0 aliphatic rings. The van der Waals surface area contributed by atoms with E-state index in [0.717, 1.165) is 31.2 Å². The second kappa shape index (κ2) is 11.8. The first kappa shape index (κ1) is 19.4. The Kier molecular flexibility index (Phi) is 9.96.